The quantitative estimate of drug-likeness (QED) is 0.193. The Hall–Kier alpha value is -6.12. The van der Waals surface area contributed by atoms with Gasteiger partial charge in [-0.2, -0.15) is 0 Å². The van der Waals surface area contributed by atoms with Crippen LogP contribution in [0.2, 0.25) is 0 Å². The van der Waals surface area contributed by atoms with Crippen LogP contribution in [0.3, 0.4) is 0 Å². The van der Waals surface area contributed by atoms with Gasteiger partial charge >= 0.3 is 0 Å². The average Bonchev–Trinajstić information content (AvgIpc) is 3.70. The summed E-state index contributed by atoms with van der Waals surface area (Å²) in [5.41, 5.74) is 10.6. The first-order chi connectivity index (χ1) is 22.8. The molecule has 0 unspecified atom stereocenters. The number of furan rings is 2. The molecule has 214 valence electrons. The maximum absolute atomic E-state index is 6.58. The molecule has 2 heteroatoms. The van der Waals surface area contributed by atoms with Gasteiger partial charge in [0.25, 0.3) is 0 Å². The lowest BCUT2D eigenvalue weighted by Crippen LogP contribution is -1.93. The largest absolute Gasteiger partial charge is 0.455 e. The van der Waals surface area contributed by atoms with Crippen LogP contribution in [0, 0.1) is 0 Å². The van der Waals surface area contributed by atoms with E-state index < -0.39 is 0 Å². The molecule has 0 radical (unpaired) electrons. The Kier molecular flexibility index (Phi) is 5.31. The van der Waals surface area contributed by atoms with E-state index in [0.29, 0.717) is 0 Å². The monoisotopic (exact) mass is 586 g/mol. The smallest absolute Gasteiger partial charge is 0.143 e. The van der Waals surface area contributed by atoms with Gasteiger partial charge in [0, 0.05) is 38.2 Å². The Balaban J connectivity index is 1.32. The summed E-state index contributed by atoms with van der Waals surface area (Å²) in [6.45, 7) is 0. The predicted molar refractivity (Wildman–Crippen MR) is 192 cm³/mol. The van der Waals surface area contributed by atoms with Gasteiger partial charge in [-0.15, -0.1) is 0 Å². The van der Waals surface area contributed by atoms with Crippen molar-refractivity contribution < 1.29 is 8.83 Å². The van der Waals surface area contributed by atoms with Crippen molar-refractivity contribution in [1.29, 1.82) is 0 Å². The Morgan fingerprint density at radius 2 is 0.587 bits per heavy atom. The molecule has 10 rings (SSSR count). The van der Waals surface area contributed by atoms with Crippen LogP contribution in [-0.2, 0) is 0 Å². The van der Waals surface area contributed by atoms with Crippen molar-refractivity contribution in [1.82, 2.24) is 0 Å². The molecule has 0 amide bonds. The van der Waals surface area contributed by atoms with Crippen LogP contribution < -0.4 is 0 Å². The Morgan fingerprint density at radius 1 is 0.239 bits per heavy atom. The topological polar surface area (TPSA) is 26.3 Å². The molecule has 8 aromatic carbocycles. The molecule has 10 aromatic rings. The maximum atomic E-state index is 6.58. The lowest BCUT2D eigenvalue weighted by atomic mass is 9.83. The Bertz CT molecular complexity index is 2750. The van der Waals surface area contributed by atoms with E-state index in [1.165, 1.54) is 38.2 Å². The van der Waals surface area contributed by atoms with E-state index in [0.717, 1.165) is 60.6 Å². The molecular weight excluding hydrogens is 560 g/mol. The van der Waals surface area contributed by atoms with Crippen molar-refractivity contribution in [3.8, 4) is 33.4 Å². The molecule has 2 nitrogen and oxygen atoms in total. The molecule has 0 fully saturated rings. The van der Waals surface area contributed by atoms with Crippen LogP contribution in [0.5, 0.6) is 0 Å². The molecule has 0 aliphatic carbocycles. The van der Waals surface area contributed by atoms with E-state index in [-0.39, 0.29) is 0 Å². The number of rotatable bonds is 3. The van der Waals surface area contributed by atoms with Crippen molar-refractivity contribution in [3.05, 3.63) is 158 Å². The number of hydrogen-bond acceptors (Lipinski definition) is 2. The normalized spacial score (nSPS) is 11.9. The minimum atomic E-state index is 0.905. The summed E-state index contributed by atoms with van der Waals surface area (Å²) >= 11 is 0. The van der Waals surface area contributed by atoms with Crippen molar-refractivity contribution in [2.24, 2.45) is 0 Å². The molecule has 0 spiro atoms. The standard InChI is InChI=1S/C44H26O2/c1-2-16-30(27(13-1)35-21-11-22-36-28-14-7-9-25-39(28)45-43(35)36)41-31-17-3-5-19-33(31)42(34-20-6-4-18-32(34)41)38-24-12-23-37-29-15-8-10-26-40(29)46-44(37)38/h1-26H. The minimum Gasteiger partial charge on any atom is -0.455 e. The first kappa shape index (κ1) is 25.2. The third kappa shape index (κ3) is 3.53. The van der Waals surface area contributed by atoms with E-state index >= 15 is 0 Å². The van der Waals surface area contributed by atoms with Gasteiger partial charge in [-0.1, -0.05) is 146 Å². The van der Waals surface area contributed by atoms with Crippen LogP contribution >= 0.6 is 0 Å². The third-order valence-electron chi connectivity index (χ3n) is 9.50. The number of benzene rings is 8. The summed E-state index contributed by atoms with van der Waals surface area (Å²) in [6, 6.07) is 56.0. The second-order valence-corrected chi connectivity index (χ2v) is 11.9. The zero-order chi connectivity index (χ0) is 30.2. The molecular formula is C44H26O2. The molecule has 0 atom stereocenters. The van der Waals surface area contributed by atoms with E-state index in [1.54, 1.807) is 0 Å². The lowest BCUT2D eigenvalue weighted by Gasteiger charge is -2.19. The molecule has 46 heavy (non-hydrogen) atoms. The van der Waals surface area contributed by atoms with Crippen LogP contribution in [-0.4, -0.2) is 0 Å². The summed E-state index contributed by atoms with van der Waals surface area (Å²) < 4.78 is 13.1. The molecule has 0 bridgehead atoms. The number of para-hydroxylation sites is 4. The van der Waals surface area contributed by atoms with Crippen LogP contribution in [0.4, 0.5) is 0 Å². The first-order valence-corrected chi connectivity index (χ1v) is 15.7. The van der Waals surface area contributed by atoms with Gasteiger partial charge in [0.05, 0.1) is 0 Å². The third-order valence-corrected chi connectivity index (χ3v) is 9.50. The van der Waals surface area contributed by atoms with Crippen LogP contribution in [0.25, 0.3) is 98.8 Å². The first-order valence-electron chi connectivity index (χ1n) is 15.7. The summed E-state index contributed by atoms with van der Waals surface area (Å²) in [7, 11) is 0. The van der Waals surface area contributed by atoms with Crippen molar-refractivity contribution in [3.63, 3.8) is 0 Å². The fourth-order valence-corrected chi connectivity index (χ4v) is 7.55. The maximum Gasteiger partial charge on any atom is 0.143 e. The fourth-order valence-electron chi connectivity index (χ4n) is 7.55. The molecule has 0 aliphatic heterocycles. The van der Waals surface area contributed by atoms with Gasteiger partial charge in [0.15, 0.2) is 0 Å². The van der Waals surface area contributed by atoms with Crippen molar-refractivity contribution >= 4 is 65.4 Å². The minimum absolute atomic E-state index is 0.905. The highest BCUT2D eigenvalue weighted by Crippen LogP contribution is 2.49. The fraction of sp³-hybridized carbons (Fsp3) is 0. The van der Waals surface area contributed by atoms with E-state index in [2.05, 4.69) is 140 Å². The van der Waals surface area contributed by atoms with Gasteiger partial charge in [-0.3, -0.25) is 0 Å². The molecule has 2 heterocycles. The molecule has 0 N–H and O–H groups in total. The number of hydrogen-bond donors (Lipinski definition) is 0. The highest BCUT2D eigenvalue weighted by Gasteiger charge is 2.22. The second-order valence-electron chi connectivity index (χ2n) is 11.9. The summed E-state index contributed by atoms with van der Waals surface area (Å²) in [5, 5.41) is 9.33. The SMILES string of the molecule is c1ccc(-c2cccc3c2oc2ccccc23)c(-c2c3ccccc3c(-c3cccc4c3oc3ccccc34)c3ccccc23)c1. The van der Waals surface area contributed by atoms with Crippen molar-refractivity contribution in [2.75, 3.05) is 0 Å². The van der Waals surface area contributed by atoms with Crippen molar-refractivity contribution in [2.45, 2.75) is 0 Å². The van der Waals surface area contributed by atoms with Gasteiger partial charge in [0.1, 0.15) is 22.3 Å². The van der Waals surface area contributed by atoms with Gasteiger partial charge in [-0.25, -0.2) is 0 Å². The molecule has 2 aromatic heterocycles. The average molecular weight is 587 g/mol. The Morgan fingerprint density at radius 3 is 1.13 bits per heavy atom. The summed E-state index contributed by atoms with van der Waals surface area (Å²) in [4.78, 5) is 0. The zero-order valence-electron chi connectivity index (χ0n) is 24.8. The van der Waals surface area contributed by atoms with Crippen LogP contribution in [0.1, 0.15) is 0 Å². The number of fused-ring (bicyclic) bond motifs is 8. The predicted octanol–water partition coefficient (Wildman–Crippen LogP) is 12.8. The summed E-state index contributed by atoms with van der Waals surface area (Å²) in [6.07, 6.45) is 0. The lowest BCUT2D eigenvalue weighted by molar-refractivity contribution is 0.669. The zero-order valence-corrected chi connectivity index (χ0v) is 24.8. The second kappa shape index (κ2) is 9.69. The van der Waals surface area contributed by atoms with Gasteiger partial charge < -0.3 is 8.83 Å². The van der Waals surface area contributed by atoms with Crippen LogP contribution in [0.15, 0.2) is 167 Å². The van der Waals surface area contributed by atoms with Gasteiger partial charge in [0.2, 0.25) is 0 Å². The molecule has 0 saturated heterocycles. The highest BCUT2D eigenvalue weighted by molar-refractivity contribution is 6.25. The van der Waals surface area contributed by atoms with E-state index in [9.17, 15) is 0 Å². The Labute approximate surface area is 264 Å². The summed E-state index contributed by atoms with van der Waals surface area (Å²) in [5.74, 6) is 0. The van der Waals surface area contributed by atoms with Gasteiger partial charge in [-0.05, 0) is 50.4 Å². The van der Waals surface area contributed by atoms with E-state index in [1.807, 2.05) is 18.2 Å². The van der Waals surface area contributed by atoms with E-state index in [4.69, 9.17) is 8.83 Å². The molecule has 0 saturated carbocycles. The molecule has 0 aliphatic rings. The highest BCUT2D eigenvalue weighted by atomic mass is 16.3.